The standard InChI is InChI=1S/C11H12N2O6/c12-10(14)6-19-9-5-7(11-17-3-4-18-11)1-2-8(9)13(15)16/h1-2,5,11H,3-4,6H2,(H2,12,14). The van der Waals surface area contributed by atoms with Gasteiger partial charge in [-0.05, 0) is 12.1 Å². The highest BCUT2D eigenvalue weighted by Crippen LogP contribution is 2.32. The molecule has 1 saturated heterocycles. The van der Waals surface area contributed by atoms with Crippen molar-refractivity contribution >= 4 is 11.6 Å². The third-order valence-corrected chi connectivity index (χ3v) is 2.44. The van der Waals surface area contributed by atoms with E-state index in [4.69, 9.17) is 19.9 Å². The Morgan fingerprint density at radius 2 is 2.16 bits per heavy atom. The number of nitrogens with two attached hydrogens (primary N) is 1. The van der Waals surface area contributed by atoms with Crippen molar-refractivity contribution in [1.82, 2.24) is 0 Å². The van der Waals surface area contributed by atoms with Gasteiger partial charge in [-0.1, -0.05) is 0 Å². The molecule has 0 aromatic heterocycles. The van der Waals surface area contributed by atoms with Crippen LogP contribution in [0.15, 0.2) is 18.2 Å². The van der Waals surface area contributed by atoms with Crippen LogP contribution in [0.5, 0.6) is 5.75 Å². The summed E-state index contributed by atoms with van der Waals surface area (Å²) < 4.78 is 15.6. The second-order valence-electron chi connectivity index (χ2n) is 3.81. The van der Waals surface area contributed by atoms with Crippen molar-refractivity contribution in [2.24, 2.45) is 5.73 Å². The fourth-order valence-electron chi connectivity index (χ4n) is 1.64. The molecule has 2 N–H and O–H groups in total. The average molecular weight is 268 g/mol. The maximum Gasteiger partial charge on any atom is 0.310 e. The zero-order chi connectivity index (χ0) is 13.8. The molecule has 1 aliphatic heterocycles. The van der Waals surface area contributed by atoms with Crippen LogP contribution in [0.2, 0.25) is 0 Å². The molecule has 1 aliphatic rings. The Kier molecular flexibility index (Phi) is 3.93. The summed E-state index contributed by atoms with van der Waals surface area (Å²) in [4.78, 5) is 20.9. The van der Waals surface area contributed by atoms with Crippen molar-refractivity contribution in [3.05, 3.63) is 33.9 Å². The van der Waals surface area contributed by atoms with Crippen LogP contribution in [0.25, 0.3) is 0 Å². The quantitative estimate of drug-likeness (QED) is 0.614. The van der Waals surface area contributed by atoms with Gasteiger partial charge in [-0.25, -0.2) is 0 Å². The van der Waals surface area contributed by atoms with Crippen LogP contribution in [0.4, 0.5) is 5.69 Å². The second kappa shape index (κ2) is 5.63. The van der Waals surface area contributed by atoms with Crippen molar-refractivity contribution in [1.29, 1.82) is 0 Å². The molecule has 0 bridgehead atoms. The lowest BCUT2D eigenvalue weighted by molar-refractivity contribution is -0.385. The summed E-state index contributed by atoms with van der Waals surface area (Å²) >= 11 is 0. The predicted octanol–water partition coefficient (Wildman–Crippen LogP) is 0.504. The topological polar surface area (TPSA) is 114 Å². The van der Waals surface area contributed by atoms with Crippen LogP contribution in [0, 0.1) is 10.1 Å². The average Bonchev–Trinajstić information content (AvgIpc) is 2.89. The molecule has 2 rings (SSSR count). The molecule has 102 valence electrons. The van der Waals surface area contributed by atoms with Crippen molar-refractivity contribution < 1.29 is 23.9 Å². The summed E-state index contributed by atoms with van der Waals surface area (Å²) in [6, 6.07) is 4.21. The summed E-state index contributed by atoms with van der Waals surface area (Å²) in [5.74, 6) is -0.756. The largest absolute Gasteiger partial charge is 0.477 e. The van der Waals surface area contributed by atoms with Gasteiger partial charge in [0.05, 0.1) is 18.1 Å². The van der Waals surface area contributed by atoms with Crippen LogP contribution in [-0.2, 0) is 14.3 Å². The maximum atomic E-state index is 10.8. The molecular weight excluding hydrogens is 256 g/mol. The minimum Gasteiger partial charge on any atom is -0.477 e. The molecule has 0 unspecified atom stereocenters. The van der Waals surface area contributed by atoms with Crippen molar-refractivity contribution in [2.75, 3.05) is 19.8 Å². The molecule has 0 saturated carbocycles. The van der Waals surface area contributed by atoms with E-state index in [1.54, 1.807) is 0 Å². The number of rotatable bonds is 5. The lowest BCUT2D eigenvalue weighted by atomic mass is 10.2. The van der Waals surface area contributed by atoms with Crippen molar-refractivity contribution in [3.8, 4) is 5.75 Å². The second-order valence-corrected chi connectivity index (χ2v) is 3.81. The Balaban J connectivity index is 2.26. The zero-order valence-electron chi connectivity index (χ0n) is 9.90. The predicted molar refractivity (Wildman–Crippen MR) is 62.4 cm³/mol. The number of carbonyl (C=O) groups excluding carboxylic acids is 1. The first-order valence-electron chi connectivity index (χ1n) is 5.50. The van der Waals surface area contributed by atoms with E-state index in [-0.39, 0.29) is 11.4 Å². The molecule has 8 nitrogen and oxygen atoms in total. The monoisotopic (exact) mass is 268 g/mol. The van der Waals surface area contributed by atoms with Gasteiger partial charge < -0.3 is 19.9 Å². The molecular formula is C11H12N2O6. The SMILES string of the molecule is NC(=O)COc1cc(C2OCCO2)ccc1[N+](=O)[O-]. The molecule has 1 aromatic rings. The highest BCUT2D eigenvalue weighted by molar-refractivity contribution is 5.75. The van der Waals surface area contributed by atoms with Gasteiger partial charge in [0, 0.05) is 11.6 Å². The smallest absolute Gasteiger partial charge is 0.310 e. The summed E-state index contributed by atoms with van der Waals surface area (Å²) in [5.41, 5.74) is 5.28. The van der Waals surface area contributed by atoms with Gasteiger partial charge in [0.25, 0.3) is 5.91 Å². The molecule has 8 heteroatoms. The number of nitro benzene ring substituents is 1. The molecule has 0 atom stereocenters. The molecule has 0 aliphatic carbocycles. The number of hydrogen-bond acceptors (Lipinski definition) is 6. The Morgan fingerprint density at radius 1 is 1.47 bits per heavy atom. The summed E-state index contributed by atoms with van der Waals surface area (Å²) in [6.07, 6.45) is -0.572. The number of nitro groups is 1. The summed E-state index contributed by atoms with van der Waals surface area (Å²) in [5, 5.41) is 10.8. The highest BCUT2D eigenvalue weighted by atomic mass is 16.7. The van der Waals surface area contributed by atoms with Crippen LogP contribution >= 0.6 is 0 Å². The highest BCUT2D eigenvalue weighted by Gasteiger charge is 2.23. The number of benzene rings is 1. The lowest BCUT2D eigenvalue weighted by Crippen LogP contribution is -2.20. The molecule has 1 amide bonds. The van der Waals surface area contributed by atoms with Gasteiger partial charge in [0.15, 0.2) is 18.6 Å². The van der Waals surface area contributed by atoms with Gasteiger partial charge in [-0.3, -0.25) is 14.9 Å². The van der Waals surface area contributed by atoms with E-state index in [9.17, 15) is 14.9 Å². The summed E-state index contributed by atoms with van der Waals surface area (Å²) in [6.45, 7) is 0.481. The third-order valence-electron chi connectivity index (χ3n) is 2.44. The van der Waals surface area contributed by atoms with E-state index < -0.39 is 23.7 Å². The summed E-state index contributed by atoms with van der Waals surface area (Å²) in [7, 11) is 0. The van der Waals surface area contributed by atoms with Crippen LogP contribution < -0.4 is 10.5 Å². The third kappa shape index (κ3) is 3.18. The normalized spacial score (nSPS) is 15.4. The molecule has 1 aromatic carbocycles. The number of amides is 1. The number of carbonyl (C=O) groups is 1. The first kappa shape index (κ1) is 13.2. The first-order chi connectivity index (χ1) is 9.08. The van der Waals surface area contributed by atoms with E-state index >= 15 is 0 Å². The van der Waals surface area contributed by atoms with E-state index in [2.05, 4.69) is 0 Å². The molecule has 0 spiro atoms. The number of nitrogens with zero attached hydrogens (tertiary/aromatic N) is 1. The van der Waals surface area contributed by atoms with Gasteiger partial charge >= 0.3 is 5.69 Å². The zero-order valence-corrected chi connectivity index (χ0v) is 9.90. The maximum absolute atomic E-state index is 10.8. The Morgan fingerprint density at radius 3 is 2.74 bits per heavy atom. The minimum absolute atomic E-state index is 0.0413. The van der Waals surface area contributed by atoms with Crippen molar-refractivity contribution in [3.63, 3.8) is 0 Å². The van der Waals surface area contributed by atoms with Gasteiger partial charge in [0.2, 0.25) is 0 Å². The van der Waals surface area contributed by atoms with Crippen LogP contribution in [-0.4, -0.2) is 30.7 Å². The fourth-order valence-corrected chi connectivity index (χ4v) is 1.64. The fraction of sp³-hybridized carbons (Fsp3) is 0.364. The Labute approximate surface area is 108 Å². The van der Waals surface area contributed by atoms with Gasteiger partial charge in [-0.15, -0.1) is 0 Å². The van der Waals surface area contributed by atoms with E-state index in [0.29, 0.717) is 18.8 Å². The number of ether oxygens (including phenoxy) is 3. The first-order valence-corrected chi connectivity index (χ1v) is 5.50. The van der Waals surface area contributed by atoms with Crippen LogP contribution in [0.1, 0.15) is 11.9 Å². The molecule has 19 heavy (non-hydrogen) atoms. The minimum atomic E-state index is -0.715. The Hall–Kier alpha value is -2.19. The van der Waals surface area contributed by atoms with E-state index in [0.717, 1.165) is 0 Å². The lowest BCUT2D eigenvalue weighted by Gasteiger charge is -2.11. The molecule has 0 radical (unpaired) electrons. The number of hydrogen-bond donors (Lipinski definition) is 1. The number of primary amides is 1. The molecule has 1 fully saturated rings. The molecule has 1 heterocycles. The van der Waals surface area contributed by atoms with Gasteiger partial charge in [-0.2, -0.15) is 0 Å². The van der Waals surface area contributed by atoms with E-state index in [1.807, 2.05) is 0 Å². The van der Waals surface area contributed by atoms with E-state index in [1.165, 1.54) is 18.2 Å². The van der Waals surface area contributed by atoms with Crippen LogP contribution in [0.3, 0.4) is 0 Å². The van der Waals surface area contributed by atoms with Crippen molar-refractivity contribution in [2.45, 2.75) is 6.29 Å². The Bertz CT molecular complexity index is 498. The van der Waals surface area contributed by atoms with Gasteiger partial charge in [0.1, 0.15) is 0 Å².